The quantitative estimate of drug-likeness (QED) is 0.488. The Hall–Kier alpha value is -0.740. The van der Waals surface area contributed by atoms with Crippen LogP contribution in [0.5, 0.6) is 0 Å². The van der Waals surface area contributed by atoms with E-state index in [1.54, 1.807) is 0 Å². The Kier molecular flexibility index (Phi) is 6.38. The number of aromatic nitrogens is 2. The molecule has 23 heavy (non-hydrogen) atoms. The molecule has 0 saturated carbocycles. The third-order valence-corrected chi connectivity index (χ3v) is 4.81. The molecule has 0 amide bonds. The molecule has 2 heterocycles. The fourth-order valence-corrected chi connectivity index (χ4v) is 4.06. The molecule has 0 atom stereocenters. The Morgan fingerprint density at radius 2 is 1.17 bits per heavy atom. The highest BCUT2D eigenvalue weighted by atomic mass is 79.9. The molecule has 0 aromatic carbocycles. The van der Waals surface area contributed by atoms with E-state index in [0.717, 1.165) is 33.4 Å². The van der Waals surface area contributed by atoms with Crippen LogP contribution < -0.4 is 0 Å². The van der Waals surface area contributed by atoms with Crippen LogP contribution in [0.2, 0.25) is 0 Å². The van der Waals surface area contributed by atoms with Gasteiger partial charge in [-0.25, -0.2) is 9.97 Å². The molecule has 0 bridgehead atoms. The molecule has 2 aromatic heterocycles. The topological polar surface area (TPSA) is 25.8 Å². The van der Waals surface area contributed by atoms with Gasteiger partial charge in [-0.15, -0.1) is 0 Å². The van der Waals surface area contributed by atoms with Gasteiger partial charge in [-0.05, 0) is 80.8 Å². The van der Waals surface area contributed by atoms with E-state index >= 15 is 0 Å². The number of rotatable bonds is 6. The molecule has 0 N–H and O–H groups in total. The summed E-state index contributed by atoms with van der Waals surface area (Å²) in [5.74, 6) is 1.10. The second-order valence-corrected chi connectivity index (χ2v) is 8.59. The Labute approximate surface area is 156 Å². The molecule has 0 radical (unpaired) electrons. The second-order valence-electron chi connectivity index (χ2n) is 6.97. The Balaban J connectivity index is 2.68. The summed E-state index contributed by atoms with van der Waals surface area (Å²) < 4.78 is 1.75. The monoisotopic (exact) mass is 438 g/mol. The first kappa shape index (κ1) is 18.6. The van der Waals surface area contributed by atoms with Crippen molar-refractivity contribution in [2.45, 2.75) is 46.0 Å². The molecule has 0 aliphatic rings. The van der Waals surface area contributed by atoms with Crippen molar-refractivity contribution in [2.24, 2.45) is 11.8 Å². The van der Waals surface area contributed by atoms with Gasteiger partial charge in [0.05, 0.1) is 16.8 Å². The minimum Gasteiger partial charge on any atom is -0.245 e. The highest BCUT2D eigenvalue weighted by Crippen LogP contribution is 2.42. The highest BCUT2D eigenvalue weighted by Gasteiger charge is 2.38. The fourth-order valence-electron chi connectivity index (χ4n) is 3.38. The predicted octanol–water partition coefficient (Wildman–Crippen LogP) is 6.38. The zero-order valence-corrected chi connectivity index (χ0v) is 17.4. The van der Waals surface area contributed by atoms with E-state index in [0.29, 0.717) is 11.8 Å². The largest absolute Gasteiger partial charge is 0.245 e. The van der Waals surface area contributed by atoms with Crippen molar-refractivity contribution >= 4 is 31.9 Å². The molecule has 0 spiro atoms. The number of nitrogens with zero attached hydrogens (tertiary/aromatic N) is 2. The number of halogens is 2. The lowest BCUT2D eigenvalue weighted by Crippen LogP contribution is -2.33. The van der Waals surface area contributed by atoms with E-state index in [-0.39, 0.29) is 5.41 Å². The van der Waals surface area contributed by atoms with Crippen LogP contribution in [-0.2, 0) is 5.41 Å². The van der Waals surface area contributed by atoms with Crippen LogP contribution in [0.25, 0.3) is 0 Å². The van der Waals surface area contributed by atoms with Crippen LogP contribution in [0.15, 0.2) is 45.6 Å². The highest BCUT2D eigenvalue weighted by molar-refractivity contribution is 9.10. The molecule has 4 heteroatoms. The van der Waals surface area contributed by atoms with Crippen molar-refractivity contribution in [2.75, 3.05) is 0 Å². The number of hydrogen-bond donors (Lipinski definition) is 0. The van der Waals surface area contributed by atoms with Gasteiger partial charge in [-0.3, -0.25) is 0 Å². The molecule has 124 valence electrons. The molecule has 0 saturated heterocycles. The first-order chi connectivity index (χ1) is 10.8. The van der Waals surface area contributed by atoms with Crippen molar-refractivity contribution < 1.29 is 0 Å². The lowest BCUT2D eigenvalue weighted by atomic mass is 9.69. The van der Waals surface area contributed by atoms with E-state index in [1.807, 2.05) is 12.1 Å². The molecule has 0 aliphatic carbocycles. The van der Waals surface area contributed by atoms with Gasteiger partial charge in [-0.2, -0.15) is 0 Å². The molecule has 0 fully saturated rings. The maximum atomic E-state index is 4.82. The Bertz CT molecular complexity index is 596. The van der Waals surface area contributed by atoms with Crippen LogP contribution in [0.1, 0.15) is 51.9 Å². The van der Waals surface area contributed by atoms with E-state index in [4.69, 9.17) is 9.97 Å². The predicted molar refractivity (Wildman–Crippen MR) is 104 cm³/mol. The van der Waals surface area contributed by atoms with Crippen molar-refractivity contribution in [1.82, 2.24) is 9.97 Å². The first-order valence-electron chi connectivity index (χ1n) is 8.09. The molecule has 2 nitrogen and oxygen atoms in total. The van der Waals surface area contributed by atoms with Gasteiger partial charge in [-0.1, -0.05) is 39.8 Å². The zero-order valence-electron chi connectivity index (χ0n) is 14.2. The lowest BCUT2D eigenvalue weighted by molar-refractivity contribution is 0.316. The van der Waals surface area contributed by atoms with E-state index < -0.39 is 0 Å². The normalized spacial score (nSPS) is 12.2. The Morgan fingerprint density at radius 1 is 0.783 bits per heavy atom. The van der Waals surface area contributed by atoms with Crippen LogP contribution >= 0.6 is 31.9 Å². The molecular weight excluding hydrogens is 416 g/mol. The minimum atomic E-state index is -0.171. The van der Waals surface area contributed by atoms with Gasteiger partial charge in [0.25, 0.3) is 0 Å². The van der Waals surface area contributed by atoms with Gasteiger partial charge in [0.2, 0.25) is 0 Å². The molecule has 0 unspecified atom stereocenters. The SMILES string of the molecule is CC(C)CC(CC(C)C)(c1cccc(Br)n1)c1cccc(Br)n1. The van der Waals surface area contributed by atoms with Gasteiger partial charge in [0, 0.05) is 0 Å². The van der Waals surface area contributed by atoms with Crippen LogP contribution in [0, 0.1) is 11.8 Å². The van der Waals surface area contributed by atoms with Crippen LogP contribution in [-0.4, -0.2) is 9.97 Å². The third-order valence-electron chi connectivity index (χ3n) is 3.92. The average molecular weight is 440 g/mol. The molecule has 2 aromatic rings. The summed E-state index contributed by atoms with van der Waals surface area (Å²) in [6.45, 7) is 9.08. The summed E-state index contributed by atoms with van der Waals surface area (Å²) in [6.07, 6.45) is 2.05. The fraction of sp³-hybridized carbons (Fsp3) is 0.474. The van der Waals surface area contributed by atoms with Crippen LogP contribution in [0.4, 0.5) is 0 Å². The van der Waals surface area contributed by atoms with E-state index in [2.05, 4.69) is 83.8 Å². The van der Waals surface area contributed by atoms with Crippen molar-refractivity contribution in [1.29, 1.82) is 0 Å². The van der Waals surface area contributed by atoms with Gasteiger partial charge < -0.3 is 0 Å². The van der Waals surface area contributed by atoms with Gasteiger partial charge >= 0.3 is 0 Å². The van der Waals surface area contributed by atoms with Gasteiger partial charge in [0.15, 0.2) is 0 Å². The maximum absolute atomic E-state index is 4.82. The summed E-state index contributed by atoms with van der Waals surface area (Å²) in [5.41, 5.74) is 2.02. The summed E-state index contributed by atoms with van der Waals surface area (Å²) >= 11 is 7.07. The minimum absolute atomic E-state index is 0.171. The lowest BCUT2D eigenvalue weighted by Gasteiger charge is -2.36. The third kappa shape index (κ3) is 4.63. The second kappa shape index (κ2) is 7.89. The van der Waals surface area contributed by atoms with Crippen molar-refractivity contribution in [3.05, 3.63) is 57.0 Å². The zero-order chi connectivity index (χ0) is 17.0. The summed E-state index contributed by atoms with van der Waals surface area (Å²) in [5, 5.41) is 0. The van der Waals surface area contributed by atoms with E-state index in [1.165, 1.54) is 0 Å². The molecular formula is C19H24Br2N2. The standard InChI is InChI=1S/C19H24Br2N2/c1-13(2)11-19(12-14(3)4,15-7-5-9-17(20)22-15)16-8-6-10-18(21)23-16/h5-10,13-14H,11-12H2,1-4H3. The van der Waals surface area contributed by atoms with Crippen molar-refractivity contribution in [3.63, 3.8) is 0 Å². The number of pyridine rings is 2. The molecule has 2 rings (SSSR count). The smallest absolute Gasteiger partial charge is 0.106 e. The maximum Gasteiger partial charge on any atom is 0.106 e. The van der Waals surface area contributed by atoms with Crippen LogP contribution in [0.3, 0.4) is 0 Å². The summed E-state index contributed by atoms with van der Waals surface area (Å²) in [4.78, 5) is 9.64. The first-order valence-corrected chi connectivity index (χ1v) is 9.68. The van der Waals surface area contributed by atoms with Gasteiger partial charge in [0.1, 0.15) is 9.21 Å². The van der Waals surface area contributed by atoms with E-state index in [9.17, 15) is 0 Å². The van der Waals surface area contributed by atoms with Crippen molar-refractivity contribution in [3.8, 4) is 0 Å². The summed E-state index contributed by atoms with van der Waals surface area (Å²) in [6, 6.07) is 12.4. The average Bonchev–Trinajstić information content (AvgIpc) is 2.45. The Morgan fingerprint density at radius 3 is 1.48 bits per heavy atom. The number of hydrogen-bond acceptors (Lipinski definition) is 2. The molecule has 0 aliphatic heterocycles. The summed E-state index contributed by atoms with van der Waals surface area (Å²) in [7, 11) is 0.